The lowest BCUT2D eigenvalue weighted by molar-refractivity contribution is -0.120. The molecule has 0 saturated carbocycles. The molecule has 0 bridgehead atoms. The molecule has 1 atom stereocenters. The number of nitrogens with zero attached hydrogens (tertiary/aromatic N) is 3. The van der Waals surface area contributed by atoms with Gasteiger partial charge in [0.1, 0.15) is 17.4 Å². The third-order valence-electron chi connectivity index (χ3n) is 5.34. The van der Waals surface area contributed by atoms with Crippen LogP contribution in [0.1, 0.15) is 30.0 Å². The van der Waals surface area contributed by atoms with Crippen LogP contribution < -0.4 is 10.2 Å². The van der Waals surface area contributed by atoms with Crippen molar-refractivity contribution in [2.45, 2.75) is 33.6 Å². The number of aryl methyl sites for hydroxylation is 3. The van der Waals surface area contributed by atoms with Gasteiger partial charge < -0.3 is 14.6 Å². The minimum Gasteiger partial charge on any atom is -0.443 e. The van der Waals surface area contributed by atoms with Gasteiger partial charge in [0.05, 0.1) is 22.0 Å². The molecular weight excluding hydrogens is 376 g/mol. The molecule has 28 heavy (non-hydrogen) atoms. The van der Waals surface area contributed by atoms with Gasteiger partial charge in [-0.2, -0.15) is 4.98 Å². The van der Waals surface area contributed by atoms with Gasteiger partial charge in [0, 0.05) is 18.7 Å². The molecular formula is C21H23ClN4O2. The summed E-state index contributed by atoms with van der Waals surface area (Å²) in [5.74, 6) is 2.22. The lowest BCUT2D eigenvalue weighted by Gasteiger charge is -2.33. The van der Waals surface area contributed by atoms with Crippen molar-refractivity contribution in [3.8, 4) is 0 Å². The van der Waals surface area contributed by atoms with Gasteiger partial charge in [0.25, 0.3) is 0 Å². The van der Waals surface area contributed by atoms with Gasteiger partial charge in [-0.15, -0.1) is 0 Å². The van der Waals surface area contributed by atoms with E-state index in [0.717, 1.165) is 41.9 Å². The highest BCUT2D eigenvalue weighted by Crippen LogP contribution is 2.33. The fourth-order valence-corrected chi connectivity index (χ4v) is 3.92. The largest absolute Gasteiger partial charge is 0.443 e. The minimum atomic E-state index is -0.136. The zero-order chi connectivity index (χ0) is 19.8. The number of amides is 1. The van der Waals surface area contributed by atoms with Gasteiger partial charge in [0.15, 0.2) is 0 Å². The monoisotopic (exact) mass is 398 g/mol. The number of para-hydroxylation sites is 1. The Labute approximate surface area is 168 Å². The second-order valence-electron chi connectivity index (χ2n) is 7.31. The van der Waals surface area contributed by atoms with Crippen LogP contribution in [0.4, 0.5) is 11.5 Å². The number of aromatic nitrogens is 2. The number of benzene rings is 1. The summed E-state index contributed by atoms with van der Waals surface area (Å²) in [5, 5.41) is 4.45. The fraction of sp³-hybridized carbons (Fsp3) is 0.381. The maximum atomic E-state index is 12.9. The predicted octanol–water partition coefficient (Wildman–Crippen LogP) is 4.66. The first-order valence-corrected chi connectivity index (χ1v) is 9.86. The van der Waals surface area contributed by atoms with Gasteiger partial charge in [-0.3, -0.25) is 4.79 Å². The molecule has 1 amide bonds. The van der Waals surface area contributed by atoms with Crippen molar-refractivity contribution in [3.63, 3.8) is 0 Å². The first kappa shape index (κ1) is 18.7. The third kappa shape index (κ3) is 3.44. The average molecular weight is 399 g/mol. The Hall–Kier alpha value is -2.60. The topological polar surface area (TPSA) is 71.3 Å². The molecule has 1 aromatic carbocycles. The molecule has 0 aliphatic carbocycles. The Morgan fingerprint density at radius 3 is 2.82 bits per heavy atom. The van der Waals surface area contributed by atoms with Gasteiger partial charge in [-0.25, -0.2) is 4.98 Å². The molecule has 0 spiro atoms. The number of carbonyl (C=O) groups is 1. The van der Waals surface area contributed by atoms with Crippen LogP contribution in [0.2, 0.25) is 5.02 Å². The van der Waals surface area contributed by atoms with Gasteiger partial charge >= 0.3 is 0 Å². The van der Waals surface area contributed by atoms with E-state index < -0.39 is 0 Å². The van der Waals surface area contributed by atoms with Crippen molar-refractivity contribution in [1.29, 1.82) is 0 Å². The van der Waals surface area contributed by atoms with E-state index in [-0.39, 0.29) is 11.8 Å². The Morgan fingerprint density at radius 2 is 2.04 bits per heavy atom. The van der Waals surface area contributed by atoms with Crippen LogP contribution in [-0.4, -0.2) is 29.0 Å². The lowest BCUT2D eigenvalue weighted by atomic mass is 9.96. The number of hydrogen-bond acceptors (Lipinski definition) is 5. The summed E-state index contributed by atoms with van der Waals surface area (Å²) >= 11 is 6.18. The van der Waals surface area contributed by atoms with Crippen molar-refractivity contribution in [1.82, 2.24) is 9.97 Å². The number of piperidine rings is 1. The maximum absolute atomic E-state index is 12.9. The second-order valence-corrected chi connectivity index (χ2v) is 7.72. The van der Waals surface area contributed by atoms with Crippen LogP contribution in [0.3, 0.4) is 0 Å². The Morgan fingerprint density at radius 1 is 1.25 bits per heavy atom. The quantitative estimate of drug-likeness (QED) is 0.694. The summed E-state index contributed by atoms with van der Waals surface area (Å²) in [6.07, 6.45) is 1.75. The number of anilines is 2. The molecule has 1 aliphatic rings. The molecule has 7 heteroatoms. The number of rotatable bonds is 3. The SMILES string of the molecule is Cc1nc(N2CCCC(C(=O)Nc3ccccc3Cl)C2)c2c(C)c(C)oc2n1. The summed E-state index contributed by atoms with van der Waals surface area (Å²) in [7, 11) is 0. The number of hydrogen-bond donors (Lipinski definition) is 1. The number of fused-ring (bicyclic) bond motifs is 1. The maximum Gasteiger partial charge on any atom is 0.231 e. The average Bonchev–Trinajstić information content (AvgIpc) is 2.96. The summed E-state index contributed by atoms with van der Waals surface area (Å²) < 4.78 is 5.81. The van der Waals surface area contributed by atoms with E-state index in [4.69, 9.17) is 21.0 Å². The minimum absolute atomic E-state index is 0.0140. The molecule has 1 aliphatic heterocycles. The smallest absolute Gasteiger partial charge is 0.231 e. The molecule has 6 nitrogen and oxygen atoms in total. The Balaban J connectivity index is 1.60. The molecule has 2 aromatic heterocycles. The summed E-state index contributed by atoms with van der Waals surface area (Å²) in [5.41, 5.74) is 2.31. The number of furan rings is 1. The van der Waals surface area contributed by atoms with Crippen LogP contribution in [0, 0.1) is 26.7 Å². The molecule has 1 saturated heterocycles. The van der Waals surface area contributed by atoms with Gasteiger partial charge in [-0.1, -0.05) is 23.7 Å². The van der Waals surface area contributed by atoms with E-state index in [9.17, 15) is 4.79 Å². The first-order chi connectivity index (χ1) is 13.4. The number of nitrogens with one attached hydrogen (secondary N) is 1. The van der Waals surface area contributed by atoms with Crippen LogP contribution in [0.25, 0.3) is 11.1 Å². The predicted molar refractivity (Wildman–Crippen MR) is 111 cm³/mol. The van der Waals surface area contributed by atoms with E-state index in [0.29, 0.717) is 28.8 Å². The van der Waals surface area contributed by atoms with Crippen molar-refractivity contribution in [2.24, 2.45) is 5.92 Å². The molecule has 1 N–H and O–H groups in total. The summed E-state index contributed by atoms with van der Waals surface area (Å²) in [6, 6.07) is 7.29. The molecule has 0 radical (unpaired) electrons. The van der Waals surface area contributed by atoms with E-state index >= 15 is 0 Å². The molecule has 4 rings (SSSR count). The molecule has 3 heterocycles. The fourth-order valence-electron chi connectivity index (χ4n) is 3.74. The normalized spacial score (nSPS) is 17.1. The lowest BCUT2D eigenvalue weighted by Crippen LogP contribution is -2.41. The first-order valence-electron chi connectivity index (χ1n) is 9.48. The van der Waals surface area contributed by atoms with Gasteiger partial charge in [-0.05, 0) is 45.7 Å². The summed E-state index contributed by atoms with van der Waals surface area (Å²) in [4.78, 5) is 24.2. The standard InChI is InChI=1S/C21H23ClN4O2/c1-12-13(2)28-21-18(12)19(23-14(3)24-21)26-10-6-7-15(11-26)20(27)25-17-9-5-4-8-16(17)22/h4-5,8-9,15H,6-7,10-11H2,1-3H3,(H,25,27). The third-order valence-corrected chi connectivity index (χ3v) is 5.67. The van der Waals surface area contributed by atoms with Crippen LogP contribution in [0.5, 0.6) is 0 Å². The van der Waals surface area contributed by atoms with Crippen LogP contribution in [-0.2, 0) is 4.79 Å². The summed E-state index contributed by atoms with van der Waals surface area (Å²) in [6.45, 7) is 7.28. The van der Waals surface area contributed by atoms with E-state index in [2.05, 4.69) is 15.2 Å². The highest BCUT2D eigenvalue weighted by atomic mass is 35.5. The number of halogens is 1. The molecule has 146 valence electrons. The van der Waals surface area contributed by atoms with Crippen LogP contribution in [0.15, 0.2) is 28.7 Å². The van der Waals surface area contributed by atoms with Crippen LogP contribution >= 0.6 is 11.6 Å². The molecule has 1 unspecified atom stereocenters. The highest BCUT2D eigenvalue weighted by Gasteiger charge is 2.29. The zero-order valence-corrected chi connectivity index (χ0v) is 17.0. The Kier molecular flexibility index (Phi) is 4.98. The van der Waals surface area contributed by atoms with E-state index in [1.54, 1.807) is 6.07 Å². The van der Waals surface area contributed by atoms with E-state index in [1.165, 1.54) is 0 Å². The highest BCUT2D eigenvalue weighted by molar-refractivity contribution is 6.33. The van der Waals surface area contributed by atoms with Crippen molar-refractivity contribution in [3.05, 3.63) is 46.4 Å². The zero-order valence-electron chi connectivity index (χ0n) is 16.3. The van der Waals surface area contributed by atoms with Crippen molar-refractivity contribution < 1.29 is 9.21 Å². The molecule has 3 aromatic rings. The van der Waals surface area contributed by atoms with Gasteiger partial charge in [0.2, 0.25) is 11.6 Å². The second kappa shape index (κ2) is 7.43. The Bertz CT molecular complexity index is 1050. The van der Waals surface area contributed by atoms with Crippen molar-refractivity contribution in [2.75, 3.05) is 23.3 Å². The number of carbonyl (C=O) groups excluding carboxylic acids is 1. The van der Waals surface area contributed by atoms with Crippen molar-refractivity contribution >= 4 is 40.1 Å². The van der Waals surface area contributed by atoms with E-state index in [1.807, 2.05) is 39.0 Å². The molecule has 1 fully saturated rings.